The second kappa shape index (κ2) is 8.80. The van der Waals surface area contributed by atoms with E-state index in [4.69, 9.17) is 43.0 Å². The maximum absolute atomic E-state index is 9.10. The summed E-state index contributed by atoms with van der Waals surface area (Å²) in [5, 5.41) is 16.2. The highest BCUT2D eigenvalue weighted by Crippen LogP contribution is 2.46. The molecule has 0 spiro atoms. The second-order valence-corrected chi connectivity index (χ2v) is 8.72. The van der Waals surface area contributed by atoms with E-state index in [2.05, 4.69) is 17.0 Å². The monoisotopic (exact) mass is 413 g/mol. The zero-order valence-electron chi connectivity index (χ0n) is 15.1. The van der Waals surface area contributed by atoms with Gasteiger partial charge in [-0.15, -0.1) is 0 Å². The minimum atomic E-state index is -1.82. The van der Waals surface area contributed by atoms with E-state index in [0.29, 0.717) is 16.0 Å². The van der Waals surface area contributed by atoms with Crippen LogP contribution in [0.15, 0.2) is 18.2 Å². The molecule has 2 saturated carbocycles. The van der Waals surface area contributed by atoms with Gasteiger partial charge in [-0.05, 0) is 67.1 Å². The van der Waals surface area contributed by atoms with Crippen molar-refractivity contribution in [2.24, 2.45) is 17.8 Å². The highest BCUT2D eigenvalue weighted by atomic mass is 35.5. The molecule has 0 unspecified atom stereocenters. The zero-order chi connectivity index (χ0) is 19.6. The maximum atomic E-state index is 9.10. The number of hydrogen-bond acceptors (Lipinski definition) is 3. The lowest BCUT2D eigenvalue weighted by Crippen LogP contribution is -2.26. The molecule has 0 aromatic heterocycles. The van der Waals surface area contributed by atoms with Gasteiger partial charge in [0.25, 0.3) is 0 Å². The van der Waals surface area contributed by atoms with E-state index in [1.54, 1.807) is 0 Å². The van der Waals surface area contributed by atoms with Crippen LogP contribution in [0.1, 0.15) is 43.6 Å². The van der Waals surface area contributed by atoms with Gasteiger partial charge in [-0.25, -0.2) is 9.59 Å². The van der Waals surface area contributed by atoms with Gasteiger partial charge in [0.15, 0.2) is 0 Å². The third-order valence-corrected chi connectivity index (χ3v) is 6.68. The number of carboxylic acid groups (broad SMARTS) is 2. The largest absolute Gasteiger partial charge is 0.473 e. The molecule has 7 heteroatoms. The second-order valence-electron chi connectivity index (χ2n) is 7.91. The fraction of sp³-hybridized carbons (Fsp3) is 0.600. The van der Waals surface area contributed by atoms with Crippen LogP contribution < -0.4 is 0 Å². The van der Waals surface area contributed by atoms with Crippen LogP contribution in [0, 0.1) is 17.8 Å². The van der Waals surface area contributed by atoms with Crippen molar-refractivity contribution in [1.29, 1.82) is 0 Å². The fourth-order valence-corrected chi connectivity index (χ4v) is 4.84. The van der Waals surface area contributed by atoms with E-state index >= 15 is 0 Å². The molecule has 4 rings (SSSR count). The lowest BCUT2D eigenvalue weighted by molar-refractivity contribution is -0.159. The molecule has 5 nitrogen and oxygen atoms in total. The number of rotatable bonds is 3. The van der Waals surface area contributed by atoms with Gasteiger partial charge in [0, 0.05) is 19.6 Å². The molecule has 0 amide bonds. The molecule has 148 valence electrons. The number of benzene rings is 1. The number of fused-ring (bicyclic) bond motifs is 1. The van der Waals surface area contributed by atoms with Crippen molar-refractivity contribution in [3.8, 4) is 0 Å². The molecule has 1 saturated heterocycles. The van der Waals surface area contributed by atoms with Crippen molar-refractivity contribution in [2.45, 2.75) is 38.0 Å². The van der Waals surface area contributed by atoms with Gasteiger partial charge < -0.3 is 15.1 Å². The summed E-state index contributed by atoms with van der Waals surface area (Å²) in [6, 6.07) is 6.28. The smallest absolute Gasteiger partial charge is 0.414 e. The van der Waals surface area contributed by atoms with Gasteiger partial charge in [-0.2, -0.15) is 0 Å². The number of nitrogens with zero attached hydrogens (tertiary/aromatic N) is 1. The van der Waals surface area contributed by atoms with Crippen molar-refractivity contribution in [3.05, 3.63) is 33.8 Å². The van der Waals surface area contributed by atoms with E-state index in [1.165, 1.54) is 57.3 Å². The van der Waals surface area contributed by atoms with Gasteiger partial charge in [0.1, 0.15) is 0 Å². The average Bonchev–Trinajstić information content (AvgIpc) is 3.33. The molecule has 1 aromatic carbocycles. The zero-order valence-corrected chi connectivity index (χ0v) is 16.6. The molecule has 1 aliphatic heterocycles. The lowest BCUT2D eigenvalue weighted by atomic mass is 9.71. The summed E-state index contributed by atoms with van der Waals surface area (Å²) in [6.07, 6.45) is 7.02. The van der Waals surface area contributed by atoms with Crippen LogP contribution >= 0.6 is 23.2 Å². The third kappa shape index (κ3) is 5.37. The Kier molecular flexibility index (Phi) is 6.66. The minimum absolute atomic E-state index is 0.676. The summed E-state index contributed by atoms with van der Waals surface area (Å²) >= 11 is 12.3. The normalized spacial score (nSPS) is 27.4. The molecule has 0 radical (unpaired) electrons. The predicted octanol–water partition coefficient (Wildman–Crippen LogP) is 4.37. The Morgan fingerprint density at radius 1 is 1.00 bits per heavy atom. The first-order valence-electron chi connectivity index (χ1n) is 9.48. The summed E-state index contributed by atoms with van der Waals surface area (Å²) in [5.74, 6) is -0.229. The topological polar surface area (TPSA) is 77.8 Å². The first kappa shape index (κ1) is 20.4. The Balaban J connectivity index is 0.000000307. The first-order valence-corrected chi connectivity index (χ1v) is 10.2. The predicted molar refractivity (Wildman–Crippen MR) is 104 cm³/mol. The van der Waals surface area contributed by atoms with Crippen LogP contribution in [0.4, 0.5) is 0 Å². The fourth-order valence-electron chi connectivity index (χ4n) is 4.54. The Labute approximate surface area is 169 Å². The van der Waals surface area contributed by atoms with Crippen molar-refractivity contribution in [3.63, 3.8) is 0 Å². The van der Waals surface area contributed by atoms with Gasteiger partial charge >= 0.3 is 11.9 Å². The van der Waals surface area contributed by atoms with Crippen molar-refractivity contribution >= 4 is 35.1 Å². The van der Waals surface area contributed by atoms with Crippen LogP contribution in [0.2, 0.25) is 10.0 Å². The Morgan fingerprint density at radius 3 is 2.30 bits per heavy atom. The van der Waals surface area contributed by atoms with Crippen molar-refractivity contribution < 1.29 is 19.8 Å². The van der Waals surface area contributed by atoms with Crippen LogP contribution in [0.3, 0.4) is 0 Å². The number of likely N-dealkylation sites (tertiary alicyclic amines) is 1. The highest BCUT2D eigenvalue weighted by molar-refractivity contribution is 6.42. The molecule has 2 aliphatic carbocycles. The molecule has 0 bridgehead atoms. The molecule has 1 heterocycles. The van der Waals surface area contributed by atoms with E-state index < -0.39 is 11.9 Å². The number of carboxylic acids is 2. The standard InChI is InChI=1S/C18H23Cl2N.C2H2O4/c19-17-7-6-13(8-18(17)20)15-3-1-2-14-10-21(11-16(14)15)9-12-4-5-12;3-1(4)2(5)6/h6-8,12,14-16H,1-5,9-11H2;(H,3,4)(H,5,6)/t14-,15+,16+;/m0./s1. The average molecular weight is 414 g/mol. The molecular weight excluding hydrogens is 389 g/mol. The summed E-state index contributed by atoms with van der Waals surface area (Å²) in [7, 11) is 0. The Morgan fingerprint density at radius 2 is 1.70 bits per heavy atom. The number of hydrogen-bond donors (Lipinski definition) is 2. The maximum Gasteiger partial charge on any atom is 0.414 e. The lowest BCUT2D eigenvalue weighted by Gasteiger charge is -2.33. The quantitative estimate of drug-likeness (QED) is 0.718. The molecule has 3 atom stereocenters. The minimum Gasteiger partial charge on any atom is -0.473 e. The highest BCUT2D eigenvalue weighted by Gasteiger charge is 2.41. The van der Waals surface area contributed by atoms with E-state index in [1.807, 2.05) is 6.07 Å². The van der Waals surface area contributed by atoms with Crippen LogP contribution in [-0.2, 0) is 9.59 Å². The third-order valence-electron chi connectivity index (χ3n) is 5.94. The van der Waals surface area contributed by atoms with Crippen LogP contribution in [-0.4, -0.2) is 46.7 Å². The van der Waals surface area contributed by atoms with Gasteiger partial charge in [0.05, 0.1) is 10.0 Å². The van der Waals surface area contributed by atoms with E-state index in [0.717, 1.165) is 17.8 Å². The SMILES string of the molecule is Clc1ccc([C@H]2CCC[C@H]3CN(CC4CC4)C[C@H]32)cc1Cl.O=C(O)C(=O)O. The number of halogens is 2. The summed E-state index contributed by atoms with van der Waals surface area (Å²) in [4.78, 5) is 20.9. The first-order chi connectivity index (χ1) is 12.8. The number of aliphatic carboxylic acids is 2. The Bertz CT molecular complexity index is 695. The molecule has 1 aromatic rings. The van der Waals surface area contributed by atoms with Crippen LogP contribution in [0.5, 0.6) is 0 Å². The van der Waals surface area contributed by atoms with Crippen LogP contribution in [0.25, 0.3) is 0 Å². The van der Waals surface area contributed by atoms with Crippen molar-refractivity contribution in [2.75, 3.05) is 19.6 Å². The van der Waals surface area contributed by atoms with E-state index in [-0.39, 0.29) is 0 Å². The number of carbonyl (C=O) groups is 2. The molecular formula is C20H25Cl2NO4. The summed E-state index contributed by atoms with van der Waals surface area (Å²) in [6.45, 7) is 3.98. The Hall–Kier alpha value is -1.30. The summed E-state index contributed by atoms with van der Waals surface area (Å²) < 4.78 is 0. The summed E-state index contributed by atoms with van der Waals surface area (Å²) in [5.41, 5.74) is 1.41. The van der Waals surface area contributed by atoms with Gasteiger partial charge in [0.2, 0.25) is 0 Å². The molecule has 2 N–H and O–H groups in total. The molecule has 3 fully saturated rings. The van der Waals surface area contributed by atoms with Gasteiger partial charge in [-0.3, -0.25) is 0 Å². The molecule has 3 aliphatic rings. The van der Waals surface area contributed by atoms with Crippen molar-refractivity contribution in [1.82, 2.24) is 4.90 Å². The van der Waals surface area contributed by atoms with Gasteiger partial charge in [-0.1, -0.05) is 35.7 Å². The van der Waals surface area contributed by atoms with E-state index in [9.17, 15) is 0 Å². The molecule has 27 heavy (non-hydrogen) atoms.